The van der Waals surface area contributed by atoms with Crippen molar-refractivity contribution < 1.29 is 4.74 Å². The monoisotopic (exact) mass is 446 g/mol. The Labute approximate surface area is 138 Å². The lowest BCUT2D eigenvalue weighted by molar-refractivity contribution is 0.409. The zero-order chi connectivity index (χ0) is 13.8. The van der Waals surface area contributed by atoms with Crippen LogP contribution in [0.4, 0.5) is 0 Å². The van der Waals surface area contributed by atoms with Gasteiger partial charge in [0, 0.05) is 19.3 Å². The van der Waals surface area contributed by atoms with Crippen molar-refractivity contribution in [3.63, 3.8) is 0 Å². The van der Waals surface area contributed by atoms with Crippen molar-refractivity contribution in [2.24, 2.45) is 0 Å². The third kappa shape index (κ3) is 4.07. The van der Waals surface area contributed by atoms with Gasteiger partial charge in [-0.05, 0) is 42.3 Å². The summed E-state index contributed by atoms with van der Waals surface area (Å²) in [6, 6.07) is 14.4. The maximum atomic E-state index is 5.42. The summed E-state index contributed by atoms with van der Waals surface area (Å²) in [5.41, 5.74) is 2.44. The first-order valence-corrected chi connectivity index (χ1v) is 8.32. The molecule has 19 heavy (non-hydrogen) atoms. The van der Waals surface area contributed by atoms with Crippen LogP contribution in [0, 0.1) is 0 Å². The molecule has 0 heterocycles. The molecule has 0 bridgehead atoms. The van der Waals surface area contributed by atoms with Crippen LogP contribution >= 0.6 is 47.8 Å². The van der Waals surface area contributed by atoms with Crippen LogP contribution in [0.2, 0.25) is 0 Å². The van der Waals surface area contributed by atoms with E-state index < -0.39 is 0 Å². The van der Waals surface area contributed by atoms with Crippen molar-refractivity contribution in [2.75, 3.05) is 7.11 Å². The normalized spacial score (nSPS) is 12.2. The van der Waals surface area contributed by atoms with E-state index in [-0.39, 0.29) is 4.83 Å². The number of methoxy groups -OCH3 is 1. The second kappa shape index (κ2) is 6.91. The number of alkyl halides is 1. The Bertz CT molecular complexity index is 552. The second-order valence-electron chi connectivity index (χ2n) is 4.18. The molecule has 0 amide bonds. The molecule has 1 unspecified atom stereocenters. The Morgan fingerprint density at radius 1 is 1.00 bits per heavy atom. The number of hydrogen-bond acceptors (Lipinski definition) is 1. The highest BCUT2D eigenvalue weighted by Gasteiger charge is 2.14. The molecule has 0 saturated heterocycles. The number of benzene rings is 2. The van der Waals surface area contributed by atoms with Crippen LogP contribution in [0.3, 0.4) is 0 Å². The van der Waals surface area contributed by atoms with Crippen LogP contribution in [0.15, 0.2) is 51.4 Å². The molecule has 1 nitrogen and oxygen atoms in total. The highest BCUT2D eigenvalue weighted by Crippen LogP contribution is 2.35. The van der Waals surface area contributed by atoms with E-state index in [2.05, 4.69) is 78.1 Å². The lowest BCUT2D eigenvalue weighted by atomic mass is 10.0. The fraction of sp³-hybridized carbons (Fsp3) is 0.200. The fourth-order valence-corrected chi connectivity index (χ4v) is 3.26. The van der Waals surface area contributed by atoms with Crippen molar-refractivity contribution >= 4 is 47.8 Å². The predicted molar refractivity (Wildman–Crippen MR) is 90.2 cm³/mol. The van der Waals surface area contributed by atoms with E-state index in [0.29, 0.717) is 0 Å². The van der Waals surface area contributed by atoms with Gasteiger partial charge in [-0.15, -0.1) is 0 Å². The van der Waals surface area contributed by atoms with Crippen molar-refractivity contribution in [3.05, 3.63) is 62.5 Å². The Kier molecular flexibility index (Phi) is 5.48. The summed E-state index contributed by atoms with van der Waals surface area (Å²) in [7, 11) is 1.70. The van der Waals surface area contributed by atoms with Gasteiger partial charge in [-0.25, -0.2) is 0 Å². The van der Waals surface area contributed by atoms with E-state index in [0.717, 1.165) is 26.7 Å². The topological polar surface area (TPSA) is 9.23 Å². The van der Waals surface area contributed by atoms with Gasteiger partial charge in [-0.2, -0.15) is 0 Å². The van der Waals surface area contributed by atoms with Crippen molar-refractivity contribution in [1.82, 2.24) is 0 Å². The molecule has 0 aliphatic heterocycles. The first-order chi connectivity index (χ1) is 9.10. The SMILES string of the molecule is COc1ccc(Br)cc1C(Br)Cc1ccc(Br)cc1. The van der Waals surface area contributed by atoms with Gasteiger partial charge in [0.05, 0.1) is 7.11 Å². The minimum absolute atomic E-state index is 0.223. The molecular weight excluding hydrogens is 436 g/mol. The molecular formula is C15H13Br3O. The molecule has 2 rings (SSSR count). The van der Waals surface area contributed by atoms with Crippen LogP contribution in [-0.2, 0) is 6.42 Å². The van der Waals surface area contributed by atoms with Crippen molar-refractivity contribution in [3.8, 4) is 5.75 Å². The molecule has 0 radical (unpaired) electrons. The van der Waals surface area contributed by atoms with E-state index in [1.54, 1.807) is 7.11 Å². The molecule has 0 aliphatic rings. The van der Waals surface area contributed by atoms with E-state index >= 15 is 0 Å². The molecule has 0 fully saturated rings. The summed E-state index contributed by atoms with van der Waals surface area (Å²) >= 11 is 10.7. The lowest BCUT2D eigenvalue weighted by Crippen LogP contribution is -1.99. The molecule has 2 aromatic rings. The predicted octanol–water partition coefficient (Wildman–Crippen LogP) is 5.90. The zero-order valence-electron chi connectivity index (χ0n) is 10.4. The van der Waals surface area contributed by atoms with Gasteiger partial charge >= 0.3 is 0 Å². The van der Waals surface area contributed by atoms with E-state index in [9.17, 15) is 0 Å². The van der Waals surface area contributed by atoms with Crippen LogP contribution in [0.1, 0.15) is 16.0 Å². The van der Waals surface area contributed by atoms with E-state index in [4.69, 9.17) is 4.74 Å². The molecule has 0 aromatic heterocycles. The molecule has 0 N–H and O–H groups in total. The van der Waals surface area contributed by atoms with Gasteiger partial charge in [0.1, 0.15) is 5.75 Å². The maximum Gasteiger partial charge on any atom is 0.123 e. The standard InChI is InChI=1S/C15H13Br3O/c1-19-15-7-6-12(17)9-13(15)14(18)8-10-2-4-11(16)5-3-10/h2-7,9,14H,8H2,1H3. The summed E-state index contributed by atoms with van der Waals surface area (Å²) in [5.74, 6) is 0.905. The molecule has 2 aromatic carbocycles. The van der Waals surface area contributed by atoms with E-state index in [1.165, 1.54) is 5.56 Å². The summed E-state index contributed by atoms with van der Waals surface area (Å²) in [6.07, 6.45) is 0.917. The van der Waals surface area contributed by atoms with Crippen molar-refractivity contribution in [2.45, 2.75) is 11.2 Å². The minimum Gasteiger partial charge on any atom is -0.496 e. The molecule has 0 spiro atoms. The average Bonchev–Trinajstić information content (AvgIpc) is 2.41. The largest absolute Gasteiger partial charge is 0.496 e. The van der Waals surface area contributed by atoms with E-state index in [1.807, 2.05) is 12.1 Å². The Morgan fingerprint density at radius 3 is 2.26 bits per heavy atom. The molecule has 0 saturated carbocycles. The first kappa shape index (κ1) is 15.1. The Morgan fingerprint density at radius 2 is 1.63 bits per heavy atom. The van der Waals surface area contributed by atoms with Crippen LogP contribution in [-0.4, -0.2) is 7.11 Å². The van der Waals surface area contributed by atoms with Gasteiger partial charge in [-0.1, -0.05) is 59.9 Å². The highest BCUT2D eigenvalue weighted by molar-refractivity contribution is 9.10. The number of ether oxygens (including phenoxy) is 1. The van der Waals surface area contributed by atoms with Gasteiger partial charge in [0.25, 0.3) is 0 Å². The quantitative estimate of drug-likeness (QED) is 0.529. The number of rotatable bonds is 4. The zero-order valence-corrected chi connectivity index (χ0v) is 15.1. The maximum absolute atomic E-state index is 5.42. The summed E-state index contributed by atoms with van der Waals surface area (Å²) < 4.78 is 7.58. The smallest absolute Gasteiger partial charge is 0.123 e. The minimum atomic E-state index is 0.223. The summed E-state index contributed by atoms with van der Waals surface area (Å²) in [5, 5.41) is 0. The fourth-order valence-electron chi connectivity index (χ4n) is 1.89. The van der Waals surface area contributed by atoms with Gasteiger partial charge < -0.3 is 4.74 Å². The van der Waals surface area contributed by atoms with Gasteiger partial charge in [0.2, 0.25) is 0 Å². The third-order valence-corrected chi connectivity index (χ3v) is 4.70. The summed E-state index contributed by atoms with van der Waals surface area (Å²) in [6.45, 7) is 0. The molecule has 100 valence electrons. The Balaban J connectivity index is 2.21. The van der Waals surface area contributed by atoms with Crippen LogP contribution in [0.5, 0.6) is 5.75 Å². The summed E-state index contributed by atoms with van der Waals surface area (Å²) in [4.78, 5) is 0.223. The molecule has 0 aliphatic carbocycles. The average molecular weight is 449 g/mol. The third-order valence-electron chi connectivity index (χ3n) is 2.86. The molecule has 1 atom stereocenters. The van der Waals surface area contributed by atoms with Gasteiger partial charge in [0.15, 0.2) is 0 Å². The number of halogens is 3. The lowest BCUT2D eigenvalue weighted by Gasteiger charge is -2.15. The second-order valence-corrected chi connectivity index (χ2v) is 7.12. The molecule has 4 heteroatoms. The van der Waals surface area contributed by atoms with Crippen molar-refractivity contribution in [1.29, 1.82) is 0 Å². The Hall–Kier alpha value is -0.320. The van der Waals surface area contributed by atoms with Crippen LogP contribution < -0.4 is 4.74 Å². The highest BCUT2D eigenvalue weighted by atomic mass is 79.9. The number of hydrogen-bond donors (Lipinski definition) is 0. The van der Waals surface area contributed by atoms with Gasteiger partial charge in [-0.3, -0.25) is 0 Å². The first-order valence-electron chi connectivity index (χ1n) is 5.82. The van der Waals surface area contributed by atoms with Crippen LogP contribution in [0.25, 0.3) is 0 Å².